The van der Waals surface area contributed by atoms with Crippen molar-refractivity contribution in [2.24, 2.45) is 0 Å². The Kier molecular flexibility index (Phi) is 4.57. The van der Waals surface area contributed by atoms with Gasteiger partial charge in [0.25, 0.3) is 0 Å². The summed E-state index contributed by atoms with van der Waals surface area (Å²) in [5, 5.41) is 0. The fourth-order valence-electron chi connectivity index (χ4n) is 1.58. The van der Waals surface area contributed by atoms with Gasteiger partial charge in [-0.05, 0) is 30.0 Å². The van der Waals surface area contributed by atoms with Crippen molar-refractivity contribution in [3.63, 3.8) is 0 Å². The molecule has 0 aliphatic heterocycles. The predicted molar refractivity (Wildman–Crippen MR) is 77.9 cm³/mol. The Morgan fingerprint density at radius 1 is 1.35 bits per heavy atom. The number of hydrogen-bond acceptors (Lipinski definition) is 4. The van der Waals surface area contributed by atoms with Crippen LogP contribution in [0.5, 0.6) is 5.75 Å². The zero-order valence-electron chi connectivity index (χ0n) is 11.3. The highest BCUT2D eigenvalue weighted by Gasteiger charge is 2.18. The van der Waals surface area contributed by atoms with Crippen LogP contribution in [0.3, 0.4) is 0 Å². The Morgan fingerprint density at radius 3 is 2.47 bits per heavy atom. The van der Waals surface area contributed by atoms with Gasteiger partial charge in [0.2, 0.25) is 0 Å². The summed E-state index contributed by atoms with van der Waals surface area (Å²) < 4.78 is 8.81. The second-order valence-electron chi connectivity index (χ2n) is 4.93. The molecule has 0 saturated carbocycles. The summed E-state index contributed by atoms with van der Waals surface area (Å²) in [6.45, 7) is 9.09. The minimum Gasteiger partial charge on any atom is -0.490 e. The highest BCUT2D eigenvalue weighted by molar-refractivity contribution is 7.99. The highest BCUT2D eigenvalue weighted by atomic mass is 32.2. The van der Waals surface area contributed by atoms with Crippen LogP contribution in [-0.2, 0) is 5.41 Å². The van der Waals surface area contributed by atoms with Crippen LogP contribution in [-0.4, -0.2) is 12.9 Å². The van der Waals surface area contributed by atoms with E-state index in [4.69, 9.17) is 10.5 Å². The Hall–Kier alpha value is -1.03. The molecule has 0 heterocycles. The highest BCUT2D eigenvalue weighted by Crippen LogP contribution is 2.37. The largest absolute Gasteiger partial charge is 0.490 e. The monoisotopic (exact) mass is 254 g/mol. The van der Waals surface area contributed by atoms with E-state index in [1.165, 1.54) is 17.5 Å². The smallest absolute Gasteiger partial charge is 0.166 e. The molecule has 3 nitrogen and oxygen atoms in total. The maximum absolute atomic E-state index is 6.06. The number of nitrogen functional groups attached to an aromatic ring is 1. The van der Waals surface area contributed by atoms with E-state index in [1.807, 2.05) is 19.2 Å². The SMILES string of the molecule is CCOc1c(N)cc(C(C)(C)C)cc1NSC. The lowest BCUT2D eigenvalue weighted by Crippen LogP contribution is -2.13. The standard InChI is InChI=1S/C13H22N2OS/c1-6-16-12-10(14)7-9(13(2,3)4)8-11(12)15-17-5/h7-8,15H,6,14H2,1-5H3. The fraction of sp³-hybridized carbons (Fsp3) is 0.538. The molecule has 3 N–H and O–H groups in total. The van der Waals surface area contributed by atoms with Crippen LogP contribution in [0.4, 0.5) is 11.4 Å². The van der Waals surface area contributed by atoms with E-state index < -0.39 is 0 Å². The number of rotatable bonds is 4. The van der Waals surface area contributed by atoms with Crippen molar-refractivity contribution in [3.8, 4) is 5.75 Å². The van der Waals surface area contributed by atoms with Gasteiger partial charge < -0.3 is 15.2 Å². The summed E-state index contributed by atoms with van der Waals surface area (Å²) in [4.78, 5) is 0. The third kappa shape index (κ3) is 3.46. The number of nitrogens with two attached hydrogens (primary N) is 1. The second-order valence-corrected chi connectivity index (χ2v) is 5.54. The molecule has 17 heavy (non-hydrogen) atoms. The van der Waals surface area contributed by atoms with Gasteiger partial charge in [-0.2, -0.15) is 0 Å². The van der Waals surface area contributed by atoms with Crippen LogP contribution >= 0.6 is 11.9 Å². The molecule has 0 bridgehead atoms. The molecule has 0 unspecified atom stereocenters. The van der Waals surface area contributed by atoms with Crippen LogP contribution in [0, 0.1) is 0 Å². The van der Waals surface area contributed by atoms with E-state index in [1.54, 1.807) is 0 Å². The Balaban J connectivity index is 3.25. The normalized spacial score (nSPS) is 11.4. The molecule has 0 atom stereocenters. The van der Waals surface area contributed by atoms with Crippen LogP contribution in [0.25, 0.3) is 0 Å². The van der Waals surface area contributed by atoms with Crippen molar-refractivity contribution in [3.05, 3.63) is 17.7 Å². The van der Waals surface area contributed by atoms with Gasteiger partial charge in [0.15, 0.2) is 5.75 Å². The van der Waals surface area contributed by atoms with Gasteiger partial charge >= 0.3 is 0 Å². The topological polar surface area (TPSA) is 47.3 Å². The lowest BCUT2D eigenvalue weighted by Gasteiger charge is -2.22. The molecule has 1 aromatic carbocycles. The van der Waals surface area contributed by atoms with Crippen LogP contribution in [0.2, 0.25) is 0 Å². The van der Waals surface area contributed by atoms with Gasteiger partial charge in [-0.3, -0.25) is 0 Å². The average Bonchev–Trinajstić information content (AvgIpc) is 2.21. The van der Waals surface area contributed by atoms with Crippen molar-refractivity contribution in [2.75, 3.05) is 23.3 Å². The van der Waals surface area contributed by atoms with E-state index >= 15 is 0 Å². The third-order valence-corrected chi connectivity index (χ3v) is 2.91. The molecule has 4 heteroatoms. The molecule has 1 aromatic rings. The zero-order valence-corrected chi connectivity index (χ0v) is 12.1. The van der Waals surface area contributed by atoms with Crippen LogP contribution < -0.4 is 15.2 Å². The molecule has 1 rings (SSSR count). The molecule has 0 aliphatic carbocycles. The van der Waals surface area contributed by atoms with E-state index in [0.717, 1.165) is 11.4 Å². The van der Waals surface area contributed by atoms with Gasteiger partial charge in [-0.25, -0.2) is 0 Å². The van der Waals surface area contributed by atoms with Gasteiger partial charge in [-0.1, -0.05) is 32.7 Å². The second kappa shape index (κ2) is 5.54. The van der Waals surface area contributed by atoms with E-state index in [0.29, 0.717) is 12.3 Å². The summed E-state index contributed by atoms with van der Waals surface area (Å²) in [5.74, 6) is 0.745. The molecule has 0 saturated heterocycles. The number of nitrogens with one attached hydrogen (secondary N) is 1. The summed E-state index contributed by atoms with van der Waals surface area (Å²) in [5.41, 5.74) is 8.98. The van der Waals surface area contributed by atoms with E-state index in [9.17, 15) is 0 Å². The first kappa shape index (κ1) is 14.0. The van der Waals surface area contributed by atoms with Gasteiger partial charge in [0, 0.05) is 6.26 Å². The Bertz CT molecular complexity index is 386. The maximum Gasteiger partial charge on any atom is 0.166 e. The molecule has 0 radical (unpaired) electrons. The number of ether oxygens (including phenoxy) is 1. The predicted octanol–water partition coefficient (Wildman–Crippen LogP) is 3.65. The van der Waals surface area contributed by atoms with Crippen molar-refractivity contribution in [2.45, 2.75) is 33.1 Å². The first-order chi connectivity index (χ1) is 7.90. The minimum atomic E-state index is 0.0771. The van der Waals surface area contributed by atoms with Gasteiger partial charge in [0.05, 0.1) is 18.0 Å². The molecule has 0 spiro atoms. The molecule has 96 valence electrons. The third-order valence-electron chi connectivity index (χ3n) is 2.48. The van der Waals surface area contributed by atoms with Crippen molar-refractivity contribution >= 4 is 23.3 Å². The average molecular weight is 254 g/mol. The van der Waals surface area contributed by atoms with E-state index in [-0.39, 0.29) is 5.41 Å². The van der Waals surface area contributed by atoms with Crippen LogP contribution in [0.1, 0.15) is 33.3 Å². The van der Waals surface area contributed by atoms with Crippen molar-refractivity contribution in [1.82, 2.24) is 0 Å². The summed E-state index contributed by atoms with van der Waals surface area (Å²) >= 11 is 1.54. The molecule has 0 amide bonds. The first-order valence-electron chi connectivity index (χ1n) is 5.76. The summed E-state index contributed by atoms with van der Waals surface area (Å²) in [6, 6.07) is 4.11. The Labute approximate surface area is 108 Å². The summed E-state index contributed by atoms with van der Waals surface area (Å²) in [7, 11) is 0. The minimum absolute atomic E-state index is 0.0771. The van der Waals surface area contributed by atoms with Gasteiger partial charge in [0.1, 0.15) is 0 Å². The number of anilines is 2. The number of hydrogen-bond donors (Lipinski definition) is 2. The Morgan fingerprint density at radius 2 is 2.00 bits per heavy atom. The molecule has 0 aliphatic rings. The van der Waals surface area contributed by atoms with E-state index in [2.05, 4.69) is 31.6 Å². The molecule has 0 aromatic heterocycles. The first-order valence-corrected chi connectivity index (χ1v) is 6.98. The molecular weight excluding hydrogens is 232 g/mol. The lowest BCUT2D eigenvalue weighted by molar-refractivity contribution is 0.343. The summed E-state index contributed by atoms with van der Waals surface area (Å²) in [6.07, 6.45) is 1.98. The zero-order chi connectivity index (χ0) is 13.1. The maximum atomic E-state index is 6.06. The molecule has 0 fully saturated rings. The van der Waals surface area contributed by atoms with Gasteiger partial charge in [-0.15, -0.1) is 0 Å². The van der Waals surface area contributed by atoms with Crippen LogP contribution in [0.15, 0.2) is 12.1 Å². The quantitative estimate of drug-likeness (QED) is 0.636. The van der Waals surface area contributed by atoms with Crippen molar-refractivity contribution in [1.29, 1.82) is 0 Å². The molecular formula is C13H22N2OS. The number of benzene rings is 1. The van der Waals surface area contributed by atoms with Crippen molar-refractivity contribution < 1.29 is 4.74 Å². The fourth-order valence-corrected chi connectivity index (χ4v) is 1.95. The lowest BCUT2D eigenvalue weighted by atomic mass is 9.86.